The monoisotopic (exact) mass is 282 g/mol. The van der Waals surface area contributed by atoms with E-state index in [1.54, 1.807) is 0 Å². The molecule has 2 fully saturated rings. The Kier molecular flexibility index (Phi) is 3.69. The van der Waals surface area contributed by atoms with Crippen LogP contribution in [0.15, 0.2) is 0 Å². The van der Waals surface area contributed by atoms with Gasteiger partial charge in [0.05, 0.1) is 6.54 Å². The molecule has 4 nitrogen and oxygen atoms in total. The number of hydrogen-bond acceptors (Lipinski definition) is 2. The van der Waals surface area contributed by atoms with Gasteiger partial charge in [-0.15, -0.1) is 0 Å². The summed E-state index contributed by atoms with van der Waals surface area (Å²) in [5.74, 6) is -5.17. The molecule has 1 unspecified atom stereocenters. The predicted molar refractivity (Wildman–Crippen MR) is 56.9 cm³/mol. The molecule has 2 heterocycles. The first-order valence-electron chi connectivity index (χ1n) is 6.07. The third kappa shape index (κ3) is 2.66. The molecule has 2 aliphatic rings. The molecule has 0 aromatic rings. The molecule has 8 heteroatoms. The molecule has 0 bridgehead atoms. The van der Waals surface area contributed by atoms with Crippen LogP contribution in [0.2, 0.25) is 0 Å². The second kappa shape index (κ2) is 4.97. The maximum atomic E-state index is 13.0. The summed E-state index contributed by atoms with van der Waals surface area (Å²) in [5, 5.41) is 0. The standard InChI is InChI=1S/C11H14F4N2O2/c12-10(13)11(14,15)6-16-5-3-8(18)17-4-1-2-7(17)9(16)19/h7,10H,1-6H2. The molecule has 0 aliphatic carbocycles. The zero-order valence-electron chi connectivity index (χ0n) is 10.1. The van der Waals surface area contributed by atoms with Gasteiger partial charge in [-0.2, -0.15) is 8.78 Å². The van der Waals surface area contributed by atoms with E-state index in [4.69, 9.17) is 0 Å². The van der Waals surface area contributed by atoms with Gasteiger partial charge >= 0.3 is 12.3 Å². The van der Waals surface area contributed by atoms with Gasteiger partial charge in [0.2, 0.25) is 11.8 Å². The second-order valence-electron chi connectivity index (χ2n) is 4.82. The van der Waals surface area contributed by atoms with Crippen LogP contribution >= 0.6 is 0 Å². The van der Waals surface area contributed by atoms with Gasteiger partial charge in [-0.1, -0.05) is 0 Å². The van der Waals surface area contributed by atoms with E-state index >= 15 is 0 Å². The van der Waals surface area contributed by atoms with Crippen LogP contribution < -0.4 is 0 Å². The average molecular weight is 282 g/mol. The first kappa shape index (κ1) is 14.1. The molecular weight excluding hydrogens is 268 g/mol. The normalized spacial score (nSPS) is 25.0. The minimum atomic E-state index is -4.24. The fourth-order valence-electron chi connectivity index (χ4n) is 2.50. The Bertz CT molecular complexity index is 389. The molecule has 0 aromatic carbocycles. The van der Waals surface area contributed by atoms with Gasteiger partial charge in [0, 0.05) is 19.5 Å². The first-order valence-corrected chi connectivity index (χ1v) is 6.07. The van der Waals surface area contributed by atoms with Crippen molar-refractivity contribution >= 4 is 11.8 Å². The van der Waals surface area contributed by atoms with Crippen LogP contribution in [0.1, 0.15) is 19.3 Å². The molecule has 19 heavy (non-hydrogen) atoms. The van der Waals surface area contributed by atoms with Crippen LogP contribution in [0, 0.1) is 0 Å². The summed E-state index contributed by atoms with van der Waals surface area (Å²) in [6.45, 7) is -1.14. The van der Waals surface area contributed by atoms with E-state index < -0.39 is 30.8 Å². The molecule has 0 spiro atoms. The number of nitrogens with zero attached hydrogens (tertiary/aromatic N) is 2. The zero-order chi connectivity index (χ0) is 14.2. The second-order valence-corrected chi connectivity index (χ2v) is 4.82. The molecular formula is C11H14F4N2O2. The van der Waals surface area contributed by atoms with E-state index in [9.17, 15) is 27.2 Å². The fourth-order valence-corrected chi connectivity index (χ4v) is 2.50. The number of hydrogen-bond donors (Lipinski definition) is 0. The van der Waals surface area contributed by atoms with E-state index in [-0.39, 0.29) is 18.9 Å². The molecule has 0 saturated carbocycles. The Morgan fingerprint density at radius 1 is 1.26 bits per heavy atom. The smallest absolute Gasteiger partial charge is 0.324 e. The van der Waals surface area contributed by atoms with Crippen molar-refractivity contribution in [2.75, 3.05) is 19.6 Å². The van der Waals surface area contributed by atoms with Crippen LogP contribution in [-0.2, 0) is 9.59 Å². The van der Waals surface area contributed by atoms with Crippen molar-refractivity contribution in [2.24, 2.45) is 0 Å². The maximum absolute atomic E-state index is 13.0. The summed E-state index contributed by atoms with van der Waals surface area (Å²) in [6.07, 6.45) is -2.89. The highest BCUT2D eigenvalue weighted by molar-refractivity contribution is 5.90. The Morgan fingerprint density at radius 2 is 1.95 bits per heavy atom. The van der Waals surface area contributed by atoms with E-state index in [1.165, 1.54) is 4.90 Å². The lowest BCUT2D eigenvalue weighted by atomic mass is 10.2. The summed E-state index contributed by atoms with van der Waals surface area (Å²) in [6, 6.07) is -0.761. The van der Waals surface area contributed by atoms with E-state index in [1.807, 2.05) is 0 Å². The number of amides is 2. The van der Waals surface area contributed by atoms with E-state index in [2.05, 4.69) is 0 Å². The molecule has 1 atom stereocenters. The number of carbonyl (C=O) groups is 2. The van der Waals surface area contributed by atoms with Crippen LogP contribution in [0.5, 0.6) is 0 Å². The molecule has 2 aliphatic heterocycles. The summed E-state index contributed by atoms with van der Waals surface area (Å²) < 4.78 is 50.4. The van der Waals surface area contributed by atoms with Gasteiger partial charge in [0.1, 0.15) is 6.04 Å². The van der Waals surface area contributed by atoms with Crippen molar-refractivity contribution in [2.45, 2.75) is 37.7 Å². The summed E-state index contributed by atoms with van der Waals surface area (Å²) >= 11 is 0. The number of halogens is 4. The summed E-state index contributed by atoms with van der Waals surface area (Å²) in [7, 11) is 0. The highest BCUT2D eigenvalue weighted by atomic mass is 19.3. The van der Waals surface area contributed by atoms with E-state index in [0.29, 0.717) is 24.3 Å². The van der Waals surface area contributed by atoms with Crippen molar-refractivity contribution < 1.29 is 27.2 Å². The largest absolute Gasteiger partial charge is 0.334 e. The van der Waals surface area contributed by atoms with Crippen molar-refractivity contribution in [3.8, 4) is 0 Å². The van der Waals surface area contributed by atoms with Gasteiger partial charge in [-0.05, 0) is 12.8 Å². The zero-order valence-corrected chi connectivity index (χ0v) is 10.1. The number of alkyl halides is 4. The van der Waals surface area contributed by atoms with Gasteiger partial charge < -0.3 is 9.80 Å². The lowest BCUT2D eigenvalue weighted by Gasteiger charge is -2.28. The van der Waals surface area contributed by atoms with Crippen LogP contribution in [0.25, 0.3) is 0 Å². The topological polar surface area (TPSA) is 40.6 Å². The fraction of sp³-hybridized carbons (Fsp3) is 0.818. The molecule has 2 saturated heterocycles. The highest BCUT2D eigenvalue weighted by Gasteiger charge is 2.46. The Morgan fingerprint density at radius 3 is 2.58 bits per heavy atom. The lowest BCUT2D eigenvalue weighted by Crippen LogP contribution is -2.49. The van der Waals surface area contributed by atoms with Crippen LogP contribution in [-0.4, -0.2) is 59.6 Å². The molecule has 108 valence electrons. The van der Waals surface area contributed by atoms with Crippen molar-refractivity contribution in [3.05, 3.63) is 0 Å². The first-order chi connectivity index (χ1) is 8.83. The quantitative estimate of drug-likeness (QED) is 0.728. The van der Waals surface area contributed by atoms with Gasteiger partial charge in [-0.3, -0.25) is 9.59 Å². The predicted octanol–water partition coefficient (Wildman–Crippen LogP) is 1.11. The molecule has 0 aromatic heterocycles. The van der Waals surface area contributed by atoms with Crippen LogP contribution in [0.3, 0.4) is 0 Å². The van der Waals surface area contributed by atoms with Crippen LogP contribution in [0.4, 0.5) is 17.6 Å². The van der Waals surface area contributed by atoms with Gasteiger partial charge in [-0.25, -0.2) is 8.78 Å². The third-order valence-electron chi connectivity index (χ3n) is 3.49. The maximum Gasteiger partial charge on any atom is 0.324 e. The molecule has 0 N–H and O–H groups in total. The van der Waals surface area contributed by atoms with Crippen molar-refractivity contribution in [3.63, 3.8) is 0 Å². The number of rotatable bonds is 3. The Labute approximate surface area is 107 Å². The van der Waals surface area contributed by atoms with E-state index in [0.717, 1.165) is 0 Å². The summed E-state index contributed by atoms with van der Waals surface area (Å²) in [5.41, 5.74) is 0. The highest BCUT2D eigenvalue weighted by Crippen LogP contribution is 2.28. The Hall–Kier alpha value is -1.34. The minimum absolute atomic E-state index is 0.0957. The average Bonchev–Trinajstić information content (AvgIpc) is 2.78. The minimum Gasteiger partial charge on any atom is -0.334 e. The lowest BCUT2D eigenvalue weighted by molar-refractivity contribution is -0.158. The van der Waals surface area contributed by atoms with Gasteiger partial charge in [0.25, 0.3) is 0 Å². The molecule has 0 radical (unpaired) electrons. The number of carbonyl (C=O) groups excluding carboxylic acids is 2. The third-order valence-corrected chi connectivity index (χ3v) is 3.49. The Balaban J connectivity index is 2.13. The van der Waals surface area contributed by atoms with Crippen molar-refractivity contribution in [1.82, 2.24) is 9.80 Å². The van der Waals surface area contributed by atoms with Crippen molar-refractivity contribution in [1.29, 1.82) is 0 Å². The molecule has 2 amide bonds. The van der Waals surface area contributed by atoms with Gasteiger partial charge in [0.15, 0.2) is 0 Å². The SMILES string of the molecule is O=C1C2CCCN2C(=O)CCN1CC(F)(F)C(F)F. The number of fused-ring (bicyclic) bond motifs is 1. The molecule has 2 rings (SSSR count). The summed E-state index contributed by atoms with van der Waals surface area (Å²) in [4.78, 5) is 25.8.